The molecule has 1 aromatic rings. The Morgan fingerprint density at radius 2 is 1.89 bits per heavy atom. The van der Waals surface area contributed by atoms with Gasteiger partial charge >= 0.3 is 5.97 Å². The number of ether oxygens (including phenoxy) is 4. The number of esters is 1. The van der Waals surface area contributed by atoms with Gasteiger partial charge < -0.3 is 23.4 Å². The molecule has 158 valence electrons. The molecule has 0 saturated carbocycles. The molecule has 0 bridgehead atoms. The molecule has 0 saturated heterocycles. The standard InChI is InChI=1S/C21H34O6Si/c1-9-25-18(22)12-17-20(27-28(7,8)21(2,3)4)14-10-11-16(23-5)19(24-6)15(14)13-26-17/h10-11,17,20H,9,12-13H2,1-8H3/t17-,20+/m1/s1. The van der Waals surface area contributed by atoms with E-state index in [9.17, 15) is 4.79 Å². The number of methoxy groups -OCH3 is 2. The Balaban J connectivity index is 2.47. The van der Waals surface area contributed by atoms with E-state index in [0.717, 1.165) is 11.1 Å². The van der Waals surface area contributed by atoms with E-state index < -0.39 is 14.4 Å². The fraction of sp³-hybridized carbons (Fsp3) is 0.667. The number of hydrogen-bond donors (Lipinski definition) is 0. The third-order valence-corrected chi connectivity index (χ3v) is 10.1. The van der Waals surface area contributed by atoms with Crippen molar-refractivity contribution in [2.24, 2.45) is 0 Å². The summed E-state index contributed by atoms with van der Waals surface area (Å²) >= 11 is 0. The fourth-order valence-corrected chi connectivity index (χ4v) is 4.35. The zero-order valence-corrected chi connectivity index (χ0v) is 19.4. The Morgan fingerprint density at radius 1 is 1.21 bits per heavy atom. The van der Waals surface area contributed by atoms with Gasteiger partial charge in [-0.3, -0.25) is 4.79 Å². The Hall–Kier alpha value is -1.57. The van der Waals surface area contributed by atoms with E-state index in [1.165, 1.54) is 0 Å². The summed E-state index contributed by atoms with van der Waals surface area (Å²) in [6.07, 6.45) is -0.617. The normalized spacial score (nSPS) is 19.7. The molecular weight excluding hydrogens is 376 g/mol. The van der Waals surface area contributed by atoms with Gasteiger partial charge in [0.25, 0.3) is 0 Å². The maximum absolute atomic E-state index is 12.2. The molecule has 2 atom stereocenters. The monoisotopic (exact) mass is 410 g/mol. The zero-order chi connectivity index (χ0) is 21.1. The summed E-state index contributed by atoms with van der Waals surface area (Å²) in [7, 11) is 1.10. The van der Waals surface area contributed by atoms with Crippen molar-refractivity contribution in [3.05, 3.63) is 23.3 Å². The summed E-state index contributed by atoms with van der Waals surface area (Å²) in [6, 6.07) is 3.88. The lowest BCUT2D eigenvalue weighted by atomic mass is 9.93. The molecule has 1 heterocycles. The van der Waals surface area contributed by atoms with Crippen LogP contribution in [0.25, 0.3) is 0 Å². The molecule has 0 aromatic heterocycles. The quantitative estimate of drug-likeness (QED) is 0.483. The zero-order valence-electron chi connectivity index (χ0n) is 18.4. The number of fused-ring (bicyclic) bond motifs is 1. The second-order valence-corrected chi connectivity index (χ2v) is 13.3. The van der Waals surface area contributed by atoms with E-state index in [2.05, 4.69) is 33.9 Å². The molecule has 1 aliphatic heterocycles. The maximum atomic E-state index is 12.2. The minimum Gasteiger partial charge on any atom is -0.493 e. The average Bonchev–Trinajstić information content (AvgIpc) is 2.61. The summed E-state index contributed by atoms with van der Waals surface area (Å²) < 4.78 is 29.0. The van der Waals surface area contributed by atoms with E-state index in [0.29, 0.717) is 24.7 Å². The Labute approximate surface area is 169 Å². The van der Waals surface area contributed by atoms with Crippen LogP contribution in [0.4, 0.5) is 0 Å². The van der Waals surface area contributed by atoms with Crippen molar-refractivity contribution in [2.45, 2.75) is 71.1 Å². The van der Waals surface area contributed by atoms with Crippen LogP contribution >= 0.6 is 0 Å². The van der Waals surface area contributed by atoms with Crippen LogP contribution < -0.4 is 9.47 Å². The number of benzene rings is 1. The van der Waals surface area contributed by atoms with Gasteiger partial charge in [-0.25, -0.2) is 0 Å². The first-order valence-electron chi connectivity index (χ1n) is 9.74. The van der Waals surface area contributed by atoms with Crippen molar-refractivity contribution in [1.29, 1.82) is 0 Å². The molecule has 0 fully saturated rings. The number of rotatable bonds is 7. The first-order chi connectivity index (χ1) is 13.1. The third kappa shape index (κ3) is 4.70. The summed E-state index contributed by atoms with van der Waals surface area (Å²) in [4.78, 5) is 12.2. The van der Waals surface area contributed by atoms with E-state index in [4.69, 9.17) is 23.4 Å². The predicted molar refractivity (Wildman–Crippen MR) is 110 cm³/mol. The van der Waals surface area contributed by atoms with Crippen LogP contribution in [0.1, 0.15) is 51.3 Å². The second kappa shape index (κ2) is 8.84. The van der Waals surface area contributed by atoms with Crippen LogP contribution in [0.5, 0.6) is 11.5 Å². The highest BCUT2D eigenvalue weighted by molar-refractivity contribution is 6.74. The van der Waals surface area contributed by atoms with Crippen LogP contribution in [0.3, 0.4) is 0 Å². The second-order valence-electron chi connectivity index (χ2n) is 8.53. The van der Waals surface area contributed by atoms with Crippen molar-refractivity contribution in [1.82, 2.24) is 0 Å². The first-order valence-corrected chi connectivity index (χ1v) is 12.6. The van der Waals surface area contributed by atoms with E-state index in [1.807, 2.05) is 12.1 Å². The topological polar surface area (TPSA) is 63.2 Å². The largest absolute Gasteiger partial charge is 0.493 e. The van der Waals surface area contributed by atoms with Gasteiger partial charge in [0, 0.05) is 5.56 Å². The van der Waals surface area contributed by atoms with Crippen LogP contribution in [0, 0.1) is 0 Å². The molecule has 0 radical (unpaired) electrons. The fourth-order valence-electron chi connectivity index (χ4n) is 3.08. The summed E-state index contributed by atoms with van der Waals surface area (Å²) in [5.74, 6) is 1.03. The highest BCUT2D eigenvalue weighted by atomic mass is 28.4. The van der Waals surface area contributed by atoms with Gasteiger partial charge in [-0.05, 0) is 36.7 Å². The van der Waals surface area contributed by atoms with Crippen molar-refractivity contribution >= 4 is 14.3 Å². The van der Waals surface area contributed by atoms with Crippen LogP contribution in [0.15, 0.2) is 12.1 Å². The van der Waals surface area contributed by atoms with Crippen LogP contribution in [-0.2, 0) is 25.3 Å². The molecule has 1 aromatic carbocycles. The lowest BCUT2D eigenvalue weighted by molar-refractivity contribution is -0.150. The number of hydrogen-bond acceptors (Lipinski definition) is 6. The van der Waals surface area contributed by atoms with Crippen LogP contribution in [0.2, 0.25) is 18.1 Å². The van der Waals surface area contributed by atoms with Gasteiger partial charge in [0.05, 0.1) is 46.1 Å². The highest BCUT2D eigenvalue weighted by Gasteiger charge is 2.44. The molecule has 2 rings (SSSR count). The molecule has 0 unspecified atom stereocenters. The van der Waals surface area contributed by atoms with Crippen molar-refractivity contribution < 1.29 is 28.2 Å². The van der Waals surface area contributed by atoms with Gasteiger partial charge in [0.1, 0.15) is 0 Å². The van der Waals surface area contributed by atoms with E-state index in [-0.39, 0.29) is 23.5 Å². The number of carbonyl (C=O) groups is 1. The molecule has 0 spiro atoms. The minimum absolute atomic E-state index is 0.0235. The smallest absolute Gasteiger partial charge is 0.308 e. The molecular formula is C21H34O6Si. The van der Waals surface area contributed by atoms with Gasteiger partial charge in [0.15, 0.2) is 19.8 Å². The van der Waals surface area contributed by atoms with E-state index in [1.54, 1.807) is 21.1 Å². The Kier molecular flexibility index (Phi) is 7.17. The SMILES string of the molecule is CCOC(=O)C[C@H]1OCc2c(ccc(OC)c2OC)[C@@H]1O[Si](C)(C)C(C)(C)C. The summed E-state index contributed by atoms with van der Waals surface area (Å²) in [5.41, 5.74) is 1.90. The Bertz CT molecular complexity index is 695. The molecule has 1 aliphatic rings. The van der Waals surface area contributed by atoms with Gasteiger partial charge in [-0.15, -0.1) is 0 Å². The molecule has 28 heavy (non-hydrogen) atoms. The van der Waals surface area contributed by atoms with Crippen molar-refractivity contribution in [2.75, 3.05) is 20.8 Å². The molecule has 0 amide bonds. The lowest BCUT2D eigenvalue weighted by Crippen LogP contribution is -2.46. The predicted octanol–water partition coefficient (Wildman–Crippen LogP) is 4.62. The highest BCUT2D eigenvalue weighted by Crippen LogP contribution is 2.46. The van der Waals surface area contributed by atoms with Crippen LogP contribution in [-0.4, -0.2) is 41.2 Å². The molecule has 0 aliphatic carbocycles. The molecule has 7 heteroatoms. The maximum Gasteiger partial charge on any atom is 0.308 e. The van der Waals surface area contributed by atoms with E-state index >= 15 is 0 Å². The average molecular weight is 411 g/mol. The van der Waals surface area contributed by atoms with Gasteiger partial charge in [0.2, 0.25) is 0 Å². The summed E-state index contributed by atoms with van der Waals surface area (Å²) in [5, 5.41) is 0.0235. The minimum atomic E-state index is -2.13. The van der Waals surface area contributed by atoms with Crippen molar-refractivity contribution in [3.8, 4) is 11.5 Å². The summed E-state index contributed by atoms with van der Waals surface area (Å²) in [6.45, 7) is 13.5. The third-order valence-electron chi connectivity index (χ3n) is 5.67. The number of carbonyl (C=O) groups excluding carboxylic acids is 1. The van der Waals surface area contributed by atoms with Gasteiger partial charge in [-0.1, -0.05) is 26.8 Å². The molecule has 6 nitrogen and oxygen atoms in total. The van der Waals surface area contributed by atoms with Crippen molar-refractivity contribution in [3.63, 3.8) is 0 Å². The Morgan fingerprint density at radius 3 is 2.43 bits per heavy atom. The van der Waals surface area contributed by atoms with Gasteiger partial charge in [-0.2, -0.15) is 0 Å². The molecule has 0 N–H and O–H groups in total. The lowest BCUT2D eigenvalue weighted by Gasteiger charge is -2.43. The first kappa shape index (κ1) is 22.7.